The lowest BCUT2D eigenvalue weighted by atomic mass is 10.3. The van der Waals surface area contributed by atoms with E-state index in [4.69, 9.17) is 5.53 Å². The molecule has 0 N–H and O–H groups in total. The Labute approximate surface area is 90.2 Å². The number of sulfone groups is 1. The molecule has 0 saturated heterocycles. The van der Waals surface area contributed by atoms with Gasteiger partial charge in [-0.3, -0.25) is 10.1 Å². The smallest absolute Gasteiger partial charge is 0.258 e. The lowest BCUT2D eigenvalue weighted by Gasteiger charge is -2.02. The van der Waals surface area contributed by atoms with Gasteiger partial charge in [0.05, 0.1) is 4.92 Å². The second-order valence-corrected chi connectivity index (χ2v) is 4.83. The first-order chi connectivity index (χ1) is 7.38. The highest BCUT2D eigenvalue weighted by Crippen LogP contribution is 2.33. The van der Waals surface area contributed by atoms with Crippen LogP contribution in [-0.2, 0) is 9.84 Å². The molecule has 8 nitrogen and oxygen atoms in total. The van der Waals surface area contributed by atoms with E-state index in [1.54, 1.807) is 0 Å². The third-order valence-electron chi connectivity index (χ3n) is 1.71. The minimum atomic E-state index is -3.74. The first-order valence-electron chi connectivity index (χ1n) is 3.90. The molecular weight excluding hydrogens is 236 g/mol. The number of nitro groups is 1. The molecule has 84 valence electrons. The number of benzene rings is 1. The van der Waals surface area contributed by atoms with Gasteiger partial charge in [-0.2, -0.15) is 0 Å². The predicted molar refractivity (Wildman–Crippen MR) is 55.0 cm³/mol. The van der Waals surface area contributed by atoms with Crippen LogP contribution in [0, 0.1) is 10.1 Å². The first-order valence-corrected chi connectivity index (χ1v) is 5.79. The minimum absolute atomic E-state index is 0.324. The number of hydrogen-bond donors (Lipinski definition) is 0. The van der Waals surface area contributed by atoms with Gasteiger partial charge in [-0.25, -0.2) is 8.42 Å². The summed E-state index contributed by atoms with van der Waals surface area (Å²) in [6.45, 7) is 0. The average Bonchev–Trinajstić information content (AvgIpc) is 2.16. The average molecular weight is 242 g/mol. The summed E-state index contributed by atoms with van der Waals surface area (Å²) in [6, 6.07) is 3.53. The molecule has 0 radical (unpaired) electrons. The molecule has 0 aliphatic carbocycles. The Morgan fingerprint density at radius 1 is 1.50 bits per heavy atom. The summed E-state index contributed by atoms with van der Waals surface area (Å²) < 4.78 is 22.6. The molecule has 16 heavy (non-hydrogen) atoms. The van der Waals surface area contributed by atoms with Gasteiger partial charge in [-0.1, -0.05) is 11.2 Å². The maximum absolute atomic E-state index is 11.3. The molecule has 0 atom stereocenters. The second kappa shape index (κ2) is 4.17. The summed E-state index contributed by atoms with van der Waals surface area (Å²) in [7, 11) is -3.74. The lowest BCUT2D eigenvalue weighted by Crippen LogP contribution is -2.02. The highest BCUT2D eigenvalue weighted by Gasteiger charge is 2.25. The van der Waals surface area contributed by atoms with Gasteiger partial charge < -0.3 is 0 Å². The summed E-state index contributed by atoms with van der Waals surface area (Å²) in [5, 5.41) is 13.8. The molecule has 1 rings (SSSR count). The van der Waals surface area contributed by atoms with E-state index in [9.17, 15) is 18.5 Å². The van der Waals surface area contributed by atoms with Crippen molar-refractivity contribution in [2.45, 2.75) is 4.90 Å². The van der Waals surface area contributed by atoms with Crippen molar-refractivity contribution in [3.8, 4) is 0 Å². The van der Waals surface area contributed by atoms with E-state index in [2.05, 4.69) is 10.0 Å². The molecule has 0 aliphatic heterocycles. The van der Waals surface area contributed by atoms with Crippen molar-refractivity contribution in [2.24, 2.45) is 5.11 Å². The van der Waals surface area contributed by atoms with Gasteiger partial charge in [0, 0.05) is 11.2 Å². The van der Waals surface area contributed by atoms with Crippen molar-refractivity contribution in [2.75, 3.05) is 6.26 Å². The number of rotatable bonds is 3. The van der Waals surface area contributed by atoms with E-state index in [0.717, 1.165) is 12.3 Å². The maximum atomic E-state index is 11.3. The highest BCUT2D eigenvalue weighted by atomic mass is 32.2. The van der Waals surface area contributed by atoms with Crippen LogP contribution in [0.3, 0.4) is 0 Å². The standard InChI is InChI=1S/C7H6N4O4S/c1-16(14,15)6-4-2-3-5(9-10-8)7(6)11(12)13/h2-4H,1H3. The zero-order valence-corrected chi connectivity index (χ0v) is 8.88. The fraction of sp³-hybridized carbons (Fsp3) is 0.143. The Kier molecular flexibility index (Phi) is 3.11. The maximum Gasteiger partial charge on any atom is 0.297 e. The van der Waals surface area contributed by atoms with Gasteiger partial charge in [-0.05, 0) is 17.7 Å². The Bertz CT molecular complexity index is 588. The van der Waals surface area contributed by atoms with Crippen LogP contribution >= 0.6 is 0 Å². The summed E-state index contributed by atoms with van der Waals surface area (Å²) in [5.41, 5.74) is 7.18. The molecule has 0 saturated carbocycles. The van der Waals surface area contributed by atoms with Crippen molar-refractivity contribution in [1.29, 1.82) is 0 Å². The Hall–Kier alpha value is -2.12. The molecule has 0 heterocycles. The minimum Gasteiger partial charge on any atom is -0.258 e. The molecule has 0 fully saturated rings. The van der Waals surface area contributed by atoms with Crippen LogP contribution in [-0.4, -0.2) is 19.6 Å². The monoisotopic (exact) mass is 242 g/mol. The first kappa shape index (κ1) is 12.0. The third kappa shape index (κ3) is 2.27. The Morgan fingerprint density at radius 3 is 2.56 bits per heavy atom. The zero-order valence-electron chi connectivity index (χ0n) is 8.06. The van der Waals surface area contributed by atoms with Crippen molar-refractivity contribution in [3.63, 3.8) is 0 Å². The van der Waals surface area contributed by atoms with Crippen LogP contribution in [0.5, 0.6) is 0 Å². The van der Waals surface area contributed by atoms with Gasteiger partial charge in [0.2, 0.25) is 0 Å². The molecular formula is C7H6N4O4S. The van der Waals surface area contributed by atoms with E-state index in [0.29, 0.717) is 0 Å². The second-order valence-electron chi connectivity index (χ2n) is 2.84. The van der Waals surface area contributed by atoms with E-state index in [1.165, 1.54) is 12.1 Å². The lowest BCUT2D eigenvalue weighted by molar-refractivity contribution is -0.387. The molecule has 0 unspecified atom stereocenters. The molecule has 1 aromatic rings. The molecule has 0 spiro atoms. The number of azide groups is 1. The summed E-state index contributed by atoms with van der Waals surface area (Å²) in [5.74, 6) is 0. The number of nitrogens with zero attached hydrogens (tertiary/aromatic N) is 4. The number of para-hydroxylation sites is 1. The molecule has 9 heteroatoms. The quantitative estimate of drug-likeness (QED) is 0.264. The van der Waals surface area contributed by atoms with Crippen LogP contribution in [0.1, 0.15) is 0 Å². The number of nitro benzene ring substituents is 1. The van der Waals surface area contributed by atoms with Crippen molar-refractivity contribution < 1.29 is 13.3 Å². The van der Waals surface area contributed by atoms with Gasteiger partial charge in [0.25, 0.3) is 5.69 Å². The van der Waals surface area contributed by atoms with Gasteiger partial charge in [-0.15, -0.1) is 0 Å². The van der Waals surface area contributed by atoms with Crippen molar-refractivity contribution in [3.05, 3.63) is 38.8 Å². The molecule has 0 bridgehead atoms. The SMILES string of the molecule is CS(=O)(=O)c1cccc(N=[N+]=[N-])c1[N+](=O)[O-]. The van der Waals surface area contributed by atoms with Crippen LogP contribution < -0.4 is 0 Å². The van der Waals surface area contributed by atoms with E-state index in [1.807, 2.05) is 0 Å². The molecule has 1 aromatic carbocycles. The summed E-state index contributed by atoms with van der Waals surface area (Å²) in [6.07, 6.45) is 0.842. The predicted octanol–water partition coefficient (Wildman–Crippen LogP) is 1.94. The van der Waals surface area contributed by atoms with Gasteiger partial charge >= 0.3 is 0 Å². The fourth-order valence-corrected chi connectivity index (χ4v) is 1.98. The Balaban J connectivity index is 3.71. The van der Waals surface area contributed by atoms with Crippen molar-refractivity contribution in [1.82, 2.24) is 0 Å². The van der Waals surface area contributed by atoms with E-state index < -0.39 is 25.3 Å². The highest BCUT2D eigenvalue weighted by molar-refractivity contribution is 7.90. The molecule has 0 amide bonds. The molecule has 0 aromatic heterocycles. The topological polar surface area (TPSA) is 126 Å². The fourth-order valence-electron chi connectivity index (χ4n) is 1.12. The zero-order chi connectivity index (χ0) is 12.3. The largest absolute Gasteiger partial charge is 0.297 e. The van der Waals surface area contributed by atoms with Crippen LogP contribution in [0.2, 0.25) is 0 Å². The van der Waals surface area contributed by atoms with Crippen molar-refractivity contribution >= 4 is 21.2 Å². The van der Waals surface area contributed by atoms with E-state index in [-0.39, 0.29) is 5.69 Å². The third-order valence-corrected chi connectivity index (χ3v) is 2.84. The molecule has 0 aliphatic rings. The van der Waals surface area contributed by atoms with Crippen LogP contribution in [0.25, 0.3) is 10.4 Å². The van der Waals surface area contributed by atoms with Crippen LogP contribution in [0.4, 0.5) is 11.4 Å². The Morgan fingerprint density at radius 2 is 2.12 bits per heavy atom. The van der Waals surface area contributed by atoms with Gasteiger partial charge in [0.15, 0.2) is 9.84 Å². The number of hydrogen-bond acceptors (Lipinski definition) is 5. The normalized spacial score (nSPS) is 10.6. The summed E-state index contributed by atoms with van der Waals surface area (Å²) in [4.78, 5) is 11.8. The van der Waals surface area contributed by atoms with Crippen LogP contribution in [0.15, 0.2) is 28.2 Å². The van der Waals surface area contributed by atoms with E-state index >= 15 is 0 Å². The summed E-state index contributed by atoms with van der Waals surface area (Å²) >= 11 is 0. The van der Waals surface area contributed by atoms with Gasteiger partial charge in [0.1, 0.15) is 10.6 Å².